The lowest BCUT2D eigenvalue weighted by molar-refractivity contribution is -0.167. The lowest BCUT2D eigenvalue weighted by Crippen LogP contribution is -2.42. The minimum absolute atomic E-state index is 0.0146. The lowest BCUT2D eigenvalue weighted by atomic mass is 9.90. The summed E-state index contributed by atoms with van der Waals surface area (Å²) in [5.74, 6) is -2.36. The molecule has 1 heterocycles. The van der Waals surface area contributed by atoms with E-state index >= 15 is 0 Å². The van der Waals surface area contributed by atoms with Gasteiger partial charge in [0.25, 0.3) is 0 Å². The Bertz CT molecular complexity index is 1910. The lowest BCUT2D eigenvalue weighted by Gasteiger charge is -2.40. The summed E-state index contributed by atoms with van der Waals surface area (Å²) in [6, 6.07) is 9.87. The van der Waals surface area contributed by atoms with Crippen LogP contribution in [0.1, 0.15) is 277 Å². The van der Waals surface area contributed by atoms with E-state index in [-0.39, 0.29) is 87.7 Å². The van der Waals surface area contributed by atoms with E-state index in [9.17, 15) is 29.1 Å². The van der Waals surface area contributed by atoms with Crippen molar-refractivity contribution in [3.8, 4) is 0 Å². The largest absolute Gasteiger partial charge is 0.481 e. The monoisotopic (exact) mass is 1120 g/mol. The molecule has 1 aromatic heterocycles. The Morgan fingerprint density at radius 3 is 1.53 bits per heavy atom. The quantitative estimate of drug-likeness (QED) is 0.0278. The highest BCUT2D eigenvalue weighted by Gasteiger charge is 2.30. The molecule has 1 saturated carbocycles. The average molecular weight is 1130 g/mol. The van der Waals surface area contributed by atoms with Gasteiger partial charge >= 0.3 is 29.8 Å². The molecular weight excluding hydrogens is 1020 g/mol. The molecule has 0 bridgehead atoms. The van der Waals surface area contributed by atoms with Gasteiger partial charge in [-0.05, 0) is 86.6 Å². The second-order valence-corrected chi connectivity index (χ2v) is 23.4. The van der Waals surface area contributed by atoms with Crippen LogP contribution in [0.5, 0.6) is 0 Å². The van der Waals surface area contributed by atoms with Crippen molar-refractivity contribution in [2.24, 2.45) is 5.92 Å². The van der Waals surface area contributed by atoms with E-state index in [0.29, 0.717) is 23.9 Å². The Morgan fingerprint density at radius 2 is 1.08 bits per heavy atom. The first-order valence-corrected chi connectivity index (χ1v) is 31.9. The van der Waals surface area contributed by atoms with Crippen LogP contribution in [0.15, 0.2) is 36.5 Å². The maximum Gasteiger partial charge on any atom is 0.306 e. The molecular formula is C65H106ClN3O10. The van der Waals surface area contributed by atoms with Crippen LogP contribution in [-0.4, -0.2) is 77.9 Å². The third-order valence-corrected chi connectivity index (χ3v) is 15.4. The molecule has 1 unspecified atom stereocenters. The Hall–Kier alpha value is -4.39. The summed E-state index contributed by atoms with van der Waals surface area (Å²) in [7, 11) is 0. The molecule has 79 heavy (non-hydrogen) atoms. The van der Waals surface area contributed by atoms with E-state index in [1.165, 1.54) is 128 Å². The Morgan fingerprint density at radius 1 is 0.608 bits per heavy atom. The number of esters is 4. The maximum absolute atomic E-state index is 13.2. The molecule has 448 valence electrons. The van der Waals surface area contributed by atoms with Crippen molar-refractivity contribution in [1.82, 2.24) is 4.98 Å². The second kappa shape index (κ2) is 43.4. The number of ether oxygens (including phenoxy) is 4. The first-order valence-electron chi connectivity index (χ1n) is 31.5. The fourth-order valence-corrected chi connectivity index (χ4v) is 10.7. The minimum atomic E-state index is -0.948. The molecule has 1 fully saturated rings. The van der Waals surface area contributed by atoms with Crippen LogP contribution in [0, 0.1) is 5.92 Å². The number of benzene rings is 1. The van der Waals surface area contributed by atoms with E-state index in [1.807, 2.05) is 25.1 Å². The molecule has 13 nitrogen and oxygen atoms in total. The van der Waals surface area contributed by atoms with Gasteiger partial charge in [0.1, 0.15) is 24.5 Å². The zero-order valence-electron chi connectivity index (χ0n) is 49.8. The topological polar surface area (TPSA) is 171 Å². The van der Waals surface area contributed by atoms with Crippen molar-refractivity contribution in [3.63, 3.8) is 0 Å². The zero-order chi connectivity index (χ0) is 57.3. The molecule has 1 aromatic carbocycles. The van der Waals surface area contributed by atoms with Gasteiger partial charge in [0.2, 0.25) is 0 Å². The molecule has 1 aliphatic carbocycles. The standard InChI is InChI=1S/C65H106ClN3O10/c1-6-8-10-12-14-16-18-20-22-24-26-28-30-33-62(72)76-49-57(50-77-63(73)34-31-29-27-25-23-21-19-17-15-13-11-9-7-2)79-65(75)36-32-35-64(74)78-56-41-39-55(40-42-56)69(48-51(3)4)59-43-37-53(52(5)45-61(70)71)46-58(59)68-54-38-44-60(66)67-47-54/h37-38,43-44,46-47,51-52,55-57,68H,6-36,39-42,45,48-50H2,1-5H3,(H,70,71). The molecule has 2 aromatic rings. The Kier molecular flexibility index (Phi) is 37.8. The number of aromatic nitrogens is 1. The number of carbonyl (C=O) groups excluding carboxylic acids is 4. The smallest absolute Gasteiger partial charge is 0.306 e. The van der Waals surface area contributed by atoms with Crippen LogP contribution in [0.2, 0.25) is 5.15 Å². The number of carboxylic acids is 1. The summed E-state index contributed by atoms with van der Waals surface area (Å²) in [5.41, 5.74) is 3.52. The number of pyridine rings is 1. The van der Waals surface area contributed by atoms with Crippen molar-refractivity contribution in [2.75, 3.05) is 30.0 Å². The van der Waals surface area contributed by atoms with E-state index in [1.54, 1.807) is 12.3 Å². The van der Waals surface area contributed by atoms with Crippen molar-refractivity contribution >= 4 is 58.5 Å². The third-order valence-electron chi connectivity index (χ3n) is 15.2. The fraction of sp³-hybridized carbons (Fsp3) is 0.754. The van der Waals surface area contributed by atoms with Crippen LogP contribution in [0.3, 0.4) is 0 Å². The number of aliphatic carboxylic acids is 1. The highest BCUT2D eigenvalue weighted by molar-refractivity contribution is 6.29. The number of nitrogens with zero attached hydrogens (tertiary/aromatic N) is 2. The van der Waals surface area contributed by atoms with E-state index in [4.69, 9.17) is 30.5 Å². The van der Waals surface area contributed by atoms with Gasteiger partial charge in [-0.25, -0.2) is 4.98 Å². The number of carboxylic acid groups (broad SMARTS) is 1. The molecule has 0 amide bonds. The van der Waals surface area contributed by atoms with Gasteiger partial charge in [-0.15, -0.1) is 0 Å². The van der Waals surface area contributed by atoms with Gasteiger partial charge in [-0.2, -0.15) is 0 Å². The molecule has 0 radical (unpaired) electrons. The van der Waals surface area contributed by atoms with Gasteiger partial charge < -0.3 is 34.3 Å². The van der Waals surface area contributed by atoms with Crippen LogP contribution < -0.4 is 10.2 Å². The number of halogens is 1. The molecule has 1 aliphatic rings. The number of nitrogens with one attached hydrogen (secondary N) is 1. The number of carbonyl (C=O) groups is 5. The van der Waals surface area contributed by atoms with E-state index in [2.05, 4.69) is 49.0 Å². The molecule has 3 rings (SSSR count). The van der Waals surface area contributed by atoms with Crippen molar-refractivity contribution in [1.29, 1.82) is 0 Å². The molecule has 0 saturated heterocycles. The van der Waals surface area contributed by atoms with Crippen LogP contribution in [-0.2, 0) is 42.9 Å². The highest BCUT2D eigenvalue weighted by Crippen LogP contribution is 2.38. The van der Waals surface area contributed by atoms with Gasteiger partial charge in [0, 0.05) is 38.3 Å². The first-order chi connectivity index (χ1) is 38.3. The summed E-state index contributed by atoms with van der Waals surface area (Å²) < 4.78 is 22.8. The second-order valence-electron chi connectivity index (χ2n) is 23.1. The fourth-order valence-electron chi connectivity index (χ4n) is 10.6. The first kappa shape index (κ1) is 68.9. The van der Waals surface area contributed by atoms with Gasteiger partial charge in [0.05, 0.1) is 29.7 Å². The SMILES string of the molecule is CCCCCCCCCCCCCCCC(=O)OCC(COC(=O)CCCCCCCCCCCCCCC)OC(=O)CCCC(=O)OC1CCC(N(CC(C)C)c2ccc(C(C)CC(=O)O)cc2Nc2ccc(Cl)nc2)CC1. The third kappa shape index (κ3) is 33.2. The van der Waals surface area contributed by atoms with E-state index < -0.39 is 18.0 Å². The Balaban J connectivity index is 1.46. The summed E-state index contributed by atoms with van der Waals surface area (Å²) in [4.78, 5) is 70.2. The number of hydrogen-bond donors (Lipinski definition) is 2. The predicted octanol–water partition coefficient (Wildman–Crippen LogP) is 17.5. The number of unbranched alkanes of at least 4 members (excludes halogenated alkanes) is 24. The molecule has 0 aliphatic heterocycles. The normalized spacial score (nSPS) is 14.7. The Labute approximate surface area is 482 Å². The zero-order valence-corrected chi connectivity index (χ0v) is 50.6. The van der Waals surface area contributed by atoms with E-state index in [0.717, 1.165) is 80.5 Å². The van der Waals surface area contributed by atoms with Crippen LogP contribution in [0.25, 0.3) is 0 Å². The molecule has 2 N–H and O–H groups in total. The molecule has 1 atom stereocenters. The van der Waals surface area contributed by atoms with Gasteiger partial charge in [-0.3, -0.25) is 24.0 Å². The molecule has 0 spiro atoms. The average Bonchev–Trinajstić information content (AvgIpc) is 3.42. The van der Waals surface area contributed by atoms with Crippen molar-refractivity contribution in [2.45, 2.75) is 290 Å². The maximum atomic E-state index is 13.2. The van der Waals surface area contributed by atoms with Gasteiger partial charge in [0.15, 0.2) is 6.10 Å². The number of anilines is 3. The summed E-state index contributed by atoms with van der Waals surface area (Å²) >= 11 is 6.10. The summed E-state index contributed by atoms with van der Waals surface area (Å²) in [6.07, 6.45) is 35.8. The van der Waals surface area contributed by atoms with Crippen molar-refractivity contribution < 1.29 is 48.0 Å². The molecule has 14 heteroatoms. The van der Waals surface area contributed by atoms with Crippen LogP contribution in [0.4, 0.5) is 17.1 Å². The van der Waals surface area contributed by atoms with Crippen molar-refractivity contribution in [3.05, 3.63) is 47.2 Å². The number of rotatable bonds is 47. The highest BCUT2D eigenvalue weighted by atomic mass is 35.5. The summed E-state index contributed by atoms with van der Waals surface area (Å²) in [5, 5.41) is 13.4. The predicted molar refractivity (Wildman–Crippen MR) is 320 cm³/mol. The summed E-state index contributed by atoms with van der Waals surface area (Å²) in [6.45, 7) is 11.2. The minimum Gasteiger partial charge on any atom is -0.481 e. The number of hydrogen-bond acceptors (Lipinski definition) is 12. The van der Waals surface area contributed by atoms with Crippen LogP contribution >= 0.6 is 11.6 Å². The van der Waals surface area contributed by atoms with Gasteiger partial charge in [-0.1, -0.05) is 206 Å².